The van der Waals surface area contributed by atoms with Gasteiger partial charge in [0.05, 0.1) is 12.6 Å². The summed E-state index contributed by atoms with van der Waals surface area (Å²) in [4.78, 5) is 16.3. The maximum absolute atomic E-state index is 11.3. The average Bonchev–Trinajstić information content (AvgIpc) is 2.29. The van der Waals surface area contributed by atoms with Crippen molar-refractivity contribution in [3.63, 3.8) is 0 Å². The molecule has 1 atom stereocenters. The Labute approximate surface area is 89.6 Å². The quantitative estimate of drug-likeness (QED) is 0.705. The molecular weight excluding hydrogens is 192 g/mol. The highest BCUT2D eigenvalue weighted by Gasteiger charge is 2.08. The summed E-state index contributed by atoms with van der Waals surface area (Å²) < 4.78 is 0. The molecule has 0 aromatic heterocycles. The Morgan fingerprint density at radius 2 is 2.07 bits per heavy atom. The maximum Gasteiger partial charge on any atom is 0.260 e. The fraction of sp³-hybridized carbons (Fsp3) is 0.364. The van der Waals surface area contributed by atoms with E-state index in [1.54, 1.807) is 14.0 Å². The third kappa shape index (κ3) is 4.10. The van der Waals surface area contributed by atoms with E-state index >= 15 is 0 Å². The number of carbonyl (C=O) groups is 1. The van der Waals surface area contributed by atoms with Gasteiger partial charge in [0.1, 0.15) is 0 Å². The molecule has 82 valence electrons. The average molecular weight is 208 g/mol. The van der Waals surface area contributed by atoms with Crippen molar-refractivity contribution in [3.05, 3.63) is 35.9 Å². The second-order valence-corrected chi connectivity index (χ2v) is 3.25. The molecule has 0 heterocycles. The number of hydrogen-bond acceptors (Lipinski definition) is 3. The van der Waals surface area contributed by atoms with E-state index in [1.165, 1.54) is 0 Å². The number of benzene rings is 1. The van der Waals surface area contributed by atoms with E-state index < -0.39 is 0 Å². The molecule has 0 bridgehead atoms. The van der Waals surface area contributed by atoms with Gasteiger partial charge in [0.2, 0.25) is 0 Å². The maximum atomic E-state index is 11.3. The van der Waals surface area contributed by atoms with Crippen LogP contribution in [0.2, 0.25) is 0 Å². The van der Waals surface area contributed by atoms with Gasteiger partial charge in [-0.1, -0.05) is 30.3 Å². The van der Waals surface area contributed by atoms with Crippen molar-refractivity contribution in [2.45, 2.75) is 19.6 Å². The summed E-state index contributed by atoms with van der Waals surface area (Å²) >= 11 is 0. The highest BCUT2D eigenvalue weighted by atomic mass is 16.6. The lowest BCUT2D eigenvalue weighted by atomic mass is 10.2. The van der Waals surface area contributed by atoms with E-state index in [4.69, 9.17) is 4.84 Å². The van der Waals surface area contributed by atoms with E-state index in [0.29, 0.717) is 6.61 Å². The SMILES string of the molecule is CNC(C)C(=O)NOCc1ccccc1. The predicted molar refractivity (Wildman–Crippen MR) is 57.9 cm³/mol. The van der Waals surface area contributed by atoms with Gasteiger partial charge in [-0.05, 0) is 19.5 Å². The van der Waals surface area contributed by atoms with Crippen LogP contribution in [-0.4, -0.2) is 19.0 Å². The lowest BCUT2D eigenvalue weighted by Gasteiger charge is -2.10. The van der Waals surface area contributed by atoms with E-state index in [9.17, 15) is 4.79 Å². The molecule has 1 rings (SSSR count). The Morgan fingerprint density at radius 1 is 1.40 bits per heavy atom. The van der Waals surface area contributed by atoms with Gasteiger partial charge in [-0.2, -0.15) is 0 Å². The zero-order chi connectivity index (χ0) is 11.1. The summed E-state index contributed by atoms with van der Waals surface area (Å²) in [6, 6.07) is 9.42. The summed E-state index contributed by atoms with van der Waals surface area (Å²) in [7, 11) is 1.72. The first-order valence-corrected chi connectivity index (χ1v) is 4.87. The van der Waals surface area contributed by atoms with Crippen LogP contribution in [0.3, 0.4) is 0 Å². The van der Waals surface area contributed by atoms with Gasteiger partial charge in [0, 0.05) is 0 Å². The molecule has 0 saturated carbocycles. The lowest BCUT2D eigenvalue weighted by molar-refractivity contribution is -0.136. The molecule has 0 radical (unpaired) electrons. The second kappa shape index (κ2) is 6.16. The lowest BCUT2D eigenvalue weighted by Crippen LogP contribution is -2.40. The van der Waals surface area contributed by atoms with E-state index in [2.05, 4.69) is 10.8 Å². The largest absolute Gasteiger partial charge is 0.309 e. The second-order valence-electron chi connectivity index (χ2n) is 3.25. The number of likely N-dealkylation sites (N-methyl/N-ethyl adjacent to an activating group) is 1. The smallest absolute Gasteiger partial charge is 0.260 e. The third-order valence-electron chi connectivity index (χ3n) is 2.08. The van der Waals surface area contributed by atoms with Crippen molar-refractivity contribution in [3.8, 4) is 0 Å². The minimum Gasteiger partial charge on any atom is -0.309 e. The first-order chi connectivity index (χ1) is 7.24. The number of rotatable bonds is 5. The molecule has 1 aromatic carbocycles. The highest BCUT2D eigenvalue weighted by Crippen LogP contribution is 1.98. The third-order valence-corrected chi connectivity index (χ3v) is 2.08. The summed E-state index contributed by atoms with van der Waals surface area (Å²) in [6.45, 7) is 2.14. The molecule has 1 unspecified atom stereocenters. The molecular formula is C11H16N2O2. The molecule has 0 aliphatic rings. The predicted octanol–water partition coefficient (Wildman–Crippen LogP) is 0.842. The van der Waals surface area contributed by atoms with Crippen LogP contribution in [0.1, 0.15) is 12.5 Å². The summed E-state index contributed by atoms with van der Waals surface area (Å²) in [5, 5.41) is 2.82. The van der Waals surface area contributed by atoms with Gasteiger partial charge in [-0.25, -0.2) is 5.48 Å². The van der Waals surface area contributed by atoms with Gasteiger partial charge in [0.25, 0.3) is 5.91 Å². The van der Waals surface area contributed by atoms with Gasteiger partial charge in [-0.15, -0.1) is 0 Å². The van der Waals surface area contributed by atoms with Crippen molar-refractivity contribution >= 4 is 5.91 Å². The first kappa shape index (κ1) is 11.7. The number of hydroxylamine groups is 1. The summed E-state index contributed by atoms with van der Waals surface area (Å²) in [5.41, 5.74) is 3.40. The molecule has 0 fully saturated rings. The Morgan fingerprint density at radius 3 is 2.67 bits per heavy atom. The zero-order valence-electron chi connectivity index (χ0n) is 8.99. The van der Waals surface area contributed by atoms with Gasteiger partial charge >= 0.3 is 0 Å². The zero-order valence-corrected chi connectivity index (χ0v) is 8.99. The van der Waals surface area contributed by atoms with Gasteiger partial charge in [-0.3, -0.25) is 9.63 Å². The minimum atomic E-state index is -0.249. The molecule has 15 heavy (non-hydrogen) atoms. The Balaban J connectivity index is 2.25. The molecule has 4 heteroatoms. The fourth-order valence-electron chi connectivity index (χ4n) is 0.984. The molecule has 4 nitrogen and oxygen atoms in total. The molecule has 0 aliphatic heterocycles. The van der Waals surface area contributed by atoms with Crippen LogP contribution in [-0.2, 0) is 16.2 Å². The van der Waals surface area contributed by atoms with Crippen molar-refractivity contribution in [2.75, 3.05) is 7.05 Å². The first-order valence-electron chi connectivity index (χ1n) is 4.87. The molecule has 0 aliphatic carbocycles. The molecule has 2 N–H and O–H groups in total. The molecule has 0 spiro atoms. The van der Waals surface area contributed by atoms with Gasteiger partial charge < -0.3 is 5.32 Å². The van der Waals surface area contributed by atoms with Crippen molar-refractivity contribution in [1.29, 1.82) is 0 Å². The number of carbonyl (C=O) groups excluding carboxylic acids is 1. The van der Waals surface area contributed by atoms with Crippen LogP contribution >= 0.6 is 0 Å². The molecule has 1 aromatic rings. The summed E-state index contributed by atoms with van der Waals surface area (Å²) in [5.74, 6) is -0.173. The normalized spacial score (nSPS) is 12.1. The van der Waals surface area contributed by atoms with E-state index in [0.717, 1.165) is 5.56 Å². The Kier molecular flexibility index (Phi) is 4.80. The Bertz CT molecular complexity index is 301. The van der Waals surface area contributed by atoms with Crippen LogP contribution in [0.5, 0.6) is 0 Å². The molecule has 0 saturated heterocycles. The van der Waals surface area contributed by atoms with Crippen LogP contribution < -0.4 is 10.8 Å². The van der Waals surface area contributed by atoms with Crippen LogP contribution in [0.15, 0.2) is 30.3 Å². The fourth-order valence-corrected chi connectivity index (χ4v) is 0.984. The number of hydrogen-bond donors (Lipinski definition) is 2. The number of nitrogens with one attached hydrogen (secondary N) is 2. The van der Waals surface area contributed by atoms with Crippen LogP contribution in [0.4, 0.5) is 0 Å². The Hall–Kier alpha value is -1.39. The monoisotopic (exact) mass is 208 g/mol. The van der Waals surface area contributed by atoms with E-state index in [1.807, 2.05) is 30.3 Å². The standard InChI is InChI=1S/C11H16N2O2/c1-9(12-2)11(14)13-15-8-10-6-4-3-5-7-10/h3-7,9,12H,8H2,1-2H3,(H,13,14). The van der Waals surface area contributed by atoms with Gasteiger partial charge in [0.15, 0.2) is 0 Å². The van der Waals surface area contributed by atoms with Crippen molar-refractivity contribution in [1.82, 2.24) is 10.8 Å². The van der Waals surface area contributed by atoms with Crippen LogP contribution in [0, 0.1) is 0 Å². The van der Waals surface area contributed by atoms with Crippen LogP contribution in [0.25, 0.3) is 0 Å². The minimum absolute atomic E-state index is 0.173. The number of amides is 1. The summed E-state index contributed by atoms with van der Waals surface area (Å²) in [6.07, 6.45) is 0. The van der Waals surface area contributed by atoms with E-state index in [-0.39, 0.29) is 11.9 Å². The van der Waals surface area contributed by atoms with Crippen molar-refractivity contribution in [2.24, 2.45) is 0 Å². The van der Waals surface area contributed by atoms with Crippen molar-refractivity contribution < 1.29 is 9.63 Å². The molecule has 1 amide bonds. The highest BCUT2D eigenvalue weighted by molar-refractivity contribution is 5.80. The topological polar surface area (TPSA) is 50.4 Å².